The summed E-state index contributed by atoms with van der Waals surface area (Å²) >= 11 is 0. The van der Waals surface area contributed by atoms with Crippen LogP contribution in [0.1, 0.15) is 21.5 Å². The van der Waals surface area contributed by atoms with Crippen molar-refractivity contribution >= 4 is 28.4 Å². The van der Waals surface area contributed by atoms with Crippen molar-refractivity contribution in [1.29, 1.82) is 0 Å². The highest BCUT2D eigenvalue weighted by Crippen LogP contribution is 2.28. The molecule has 3 aromatic carbocycles. The maximum Gasteiger partial charge on any atom is 0.185 e. The molecule has 0 radical (unpaired) electrons. The molecular weight excluding hydrogens is 396 g/mol. The van der Waals surface area contributed by atoms with Crippen LogP contribution in [0.15, 0.2) is 91.1 Å². The molecule has 160 valence electrons. The lowest BCUT2D eigenvalue weighted by molar-refractivity contribution is 0.104. The van der Waals surface area contributed by atoms with Crippen molar-refractivity contribution < 1.29 is 9.90 Å². The lowest BCUT2D eigenvalue weighted by Gasteiger charge is -2.23. The average molecular weight is 423 g/mol. The molecule has 0 aliphatic carbocycles. The van der Waals surface area contributed by atoms with Gasteiger partial charge in [0.1, 0.15) is 0 Å². The van der Waals surface area contributed by atoms with E-state index in [0.717, 1.165) is 29.4 Å². The van der Waals surface area contributed by atoms with E-state index in [0.29, 0.717) is 18.7 Å². The Kier molecular flexibility index (Phi) is 5.61. The average Bonchev–Trinajstić information content (AvgIpc) is 3.39. The summed E-state index contributed by atoms with van der Waals surface area (Å²) in [5.74, 6) is -0.0184. The molecule has 0 fully saturated rings. The van der Waals surface area contributed by atoms with Gasteiger partial charge in [-0.2, -0.15) is 0 Å². The van der Waals surface area contributed by atoms with Gasteiger partial charge in [-0.05, 0) is 36.3 Å². The number of allylic oxidation sites excluding steroid dienone is 1. The van der Waals surface area contributed by atoms with E-state index in [4.69, 9.17) is 0 Å². The van der Waals surface area contributed by atoms with Crippen LogP contribution in [-0.2, 0) is 13.0 Å². The van der Waals surface area contributed by atoms with Crippen LogP contribution in [0.25, 0.3) is 17.0 Å². The third-order valence-electron chi connectivity index (χ3n) is 6.11. The smallest absolute Gasteiger partial charge is 0.185 e. The SMILES string of the molecule is O=C(/C=C\c1cn(C[C@H](O)CN2CCc3ccccc32)c2ccccc12)c1ccccc1. The molecule has 1 N–H and O–H groups in total. The van der Waals surface area contributed by atoms with E-state index in [2.05, 4.69) is 45.9 Å². The first-order valence-corrected chi connectivity index (χ1v) is 11.1. The highest BCUT2D eigenvalue weighted by Gasteiger charge is 2.21. The fraction of sp³-hybridized carbons (Fsp3) is 0.179. The molecule has 0 bridgehead atoms. The molecule has 2 heterocycles. The summed E-state index contributed by atoms with van der Waals surface area (Å²) in [4.78, 5) is 14.8. The Morgan fingerprint density at radius 1 is 0.938 bits per heavy atom. The molecule has 4 nitrogen and oxygen atoms in total. The minimum absolute atomic E-state index is 0.0184. The van der Waals surface area contributed by atoms with Crippen LogP contribution >= 0.6 is 0 Å². The van der Waals surface area contributed by atoms with Crippen molar-refractivity contribution in [3.63, 3.8) is 0 Å². The molecule has 1 aromatic heterocycles. The first-order chi connectivity index (χ1) is 15.7. The fourth-order valence-corrected chi connectivity index (χ4v) is 4.56. The topological polar surface area (TPSA) is 45.5 Å². The Morgan fingerprint density at radius 3 is 2.56 bits per heavy atom. The molecule has 32 heavy (non-hydrogen) atoms. The lowest BCUT2D eigenvalue weighted by Crippen LogP contribution is -2.33. The minimum Gasteiger partial charge on any atom is -0.389 e. The summed E-state index contributed by atoms with van der Waals surface area (Å²) in [6.07, 6.45) is 6.05. The van der Waals surface area contributed by atoms with E-state index in [1.165, 1.54) is 11.3 Å². The predicted octanol–water partition coefficient (Wildman–Crippen LogP) is 4.96. The maximum atomic E-state index is 12.5. The van der Waals surface area contributed by atoms with Gasteiger partial charge >= 0.3 is 0 Å². The largest absolute Gasteiger partial charge is 0.389 e. The second-order valence-corrected chi connectivity index (χ2v) is 8.30. The summed E-state index contributed by atoms with van der Waals surface area (Å²) in [7, 11) is 0. The van der Waals surface area contributed by atoms with Crippen molar-refractivity contribution in [2.45, 2.75) is 19.1 Å². The number of β-amino-alcohol motifs (C(OH)–C–C–N with tert-alkyl or cyclic N) is 1. The summed E-state index contributed by atoms with van der Waals surface area (Å²) in [5, 5.41) is 12.0. The molecule has 5 rings (SSSR count). The number of fused-ring (bicyclic) bond motifs is 2. The molecule has 4 aromatic rings. The van der Waals surface area contributed by atoms with Crippen LogP contribution in [0.3, 0.4) is 0 Å². The quantitative estimate of drug-likeness (QED) is 0.338. The summed E-state index contributed by atoms with van der Waals surface area (Å²) < 4.78 is 2.09. The number of para-hydroxylation sites is 2. The van der Waals surface area contributed by atoms with Gasteiger partial charge in [0.25, 0.3) is 0 Å². The number of carbonyl (C=O) groups excluding carboxylic acids is 1. The van der Waals surface area contributed by atoms with Gasteiger partial charge in [-0.3, -0.25) is 4.79 Å². The second kappa shape index (κ2) is 8.85. The van der Waals surface area contributed by atoms with Crippen LogP contribution in [0, 0.1) is 0 Å². The Balaban J connectivity index is 1.35. The van der Waals surface area contributed by atoms with E-state index in [-0.39, 0.29) is 5.78 Å². The van der Waals surface area contributed by atoms with Crippen LogP contribution in [0.2, 0.25) is 0 Å². The molecule has 0 spiro atoms. The lowest BCUT2D eigenvalue weighted by atomic mass is 10.1. The molecule has 4 heteroatoms. The number of carbonyl (C=O) groups is 1. The number of aliphatic hydroxyl groups is 1. The van der Waals surface area contributed by atoms with Gasteiger partial charge in [0.05, 0.1) is 12.6 Å². The van der Waals surface area contributed by atoms with E-state index >= 15 is 0 Å². The number of hydrogen-bond acceptors (Lipinski definition) is 3. The van der Waals surface area contributed by atoms with Gasteiger partial charge in [0.15, 0.2) is 5.78 Å². The number of benzene rings is 3. The first-order valence-electron chi connectivity index (χ1n) is 11.1. The second-order valence-electron chi connectivity index (χ2n) is 8.30. The molecule has 1 atom stereocenters. The Morgan fingerprint density at radius 2 is 1.69 bits per heavy atom. The summed E-state index contributed by atoms with van der Waals surface area (Å²) in [6.45, 7) is 2.04. The van der Waals surface area contributed by atoms with E-state index in [9.17, 15) is 9.90 Å². The third-order valence-corrected chi connectivity index (χ3v) is 6.11. The third kappa shape index (κ3) is 4.10. The number of rotatable bonds is 7. The Labute approximate surface area is 188 Å². The van der Waals surface area contributed by atoms with Crippen molar-refractivity contribution in [2.75, 3.05) is 18.0 Å². The van der Waals surface area contributed by atoms with Gasteiger partial charge < -0.3 is 14.6 Å². The zero-order valence-electron chi connectivity index (χ0n) is 17.9. The van der Waals surface area contributed by atoms with Crippen molar-refractivity contribution in [2.24, 2.45) is 0 Å². The first kappa shape index (κ1) is 20.3. The Bertz CT molecular complexity index is 1270. The highest BCUT2D eigenvalue weighted by atomic mass is 16.3. The zero-order chi connectivity index (χ0) is 21.9. The molecular formula is C28H26N2O2. The van der Waals surface area contributed by atoms with E-state index < -0.39 is 6.10 Å². The van der Waals surface area contributed by atoms with Crippen molar-refractivity contribution in [1.82, 2.24) is 4.57 Å². The molecule has 1 aliphatic rings. The van der Waals surface area contributed by atoms with Gasteiger partial charge in [-0.1, -0.05) is 66.7 Å². The standard InChI is InChI=1S/C28H26N2O2/c31-24(19-29-17-16-21-8-4-6-12-26(21)29)20-30-18-23(25-11-5-7-13-27(25)30)14-15-28(32)22-9-2-1-3-10-22/h1-15,18,24,31H,16-17,19-20H2/b15-14-/t24-/m1/s1. The van der Waals surface area contributed by atoms with Crippen molar-refractivity contribution in [3.05, 3.63) is 108 Å². The summed E-state index contributed by atoms with van der Waals surface area (Å²) in [5.41, 5.74) is 5.28. The number of nitrogens with zero attached hydrogens (tertiary/aromatic N) is 2. The van der Waals surface area contributed by atoms with Gasteiger partial charge in [-0.25, -0.2) is 0 Å². The maximum absolute atomic E-state index is 12.5. The number of hydrogen-bond donors (Lipinski definition) is 1. The molecule has 0 saturated carbocycles. The summed E-state index contributed by atoms with van der Waals surface area (Å²) in [6, 6.07) is 25.8. The molecule has 0 unspecified atom stereocenters. The predicted molar refractivity (Wildman–Crippen MR) is 130 cm³/mol. The van der Waals surface area contributed by atoms with Crippen LogP contribution < -0.4 is 4.90 Å². The van der Waals surface area contributed by atoms with E-state index in [1.54, 1.807) is 6.08 Å². The van der Waals surface area contributed by atoms with E-state index in [1.807, 2.05) is 54.7 Å². The van der Waals surface area contributed by atoms with Crippen LogP contribution in [0.4, 0.5) is 5.69 Å². The Hall–Kier alpha value is -3.63. The number of anilines is 1. The van der Waals surface area contributed by atoms with Crippen molar-refractivity contribution in [3.8, 4) is 0 Å². The van der Waals surface area contributed by atoms with Gasteiger partial charge in [0, 0.05) is 47.0 Å². The number of aliphatic hydroxyl groups excluding tert-OH is 1. The van der Waals surface area contributed by atoms with Gasteiger partial charge in [-0.15, -0.1) is 0 Å². The monoisotopic (exact) mass is 422 g/mol. The van der Waals surface area contributed by atoms with Crippen LogP contribution in [-0.4, -0.2) is 34.7 Å². The van der Waals surface area contributed by atoms with Gasteiger partial charge in [0.2, 0.25) is 0 Å². The zero-order valence-corrected chi connectivity index (χ0v) is 17.9. The normalized spacial score (nSPS) is 14.2. The fourth-order valence-electron chi connectivity index (χ4n) is 4.56. The highest BCUT2D eigenvalue weighted by molar-refractivity contribution is 6.07. The molecule has 1 aliphatic heterocycles. The number of ketones is 1. The minimum atomic E-state index is -0.500. The van der Waals surface area contributed by atoms with Crippen LogP contribution in [0.5, 0.6) is 0 Å². The number of aromatic nitrogens is 1. The molecule has 0 saturated heterocycles. The molecule has 0 amide bonds.